The van der Waals surface area contributed by atoms with Crippen LogP contribution in [0, 0.1) is 17.3 Å². The maximum Gasteiger partial charge on any atom is 0.0506 e. The van der Waals surface area contributed by atoms with Gasteiger partial charge in [-0.1, -0.05) is 40.5 Å². The molecule has 1 saturated carbocycles. The van der Waals surface area contributed by atoms with E-state index in [9.17, 15) is 0 Å². The van der Waals surface area contributed by atoms with Gasteiger partial charge in [-0.25, -0.2) is 0 Å². The predicted octanol–water partition coefficient (Wildman–Crippen LogP) is 3.61. The van der Waals surface area contributed by atoms with Crippen LogP contribution in [0.1, 0.15) is 59.8 Å². The lowest BCUT2D eigenvalue weighted by molar-refractivity contribution is 0.0243. The highest BCUT2D eigenvalue weighted by atomic mass is 16.5. The summed E-state index contributed by atoms with van der Waals surface area (Å²) >= 11 is 0. The first-order chi connectivity index (χ1) is 8.48. The van der Waals surface area contributed by atoms with E-state index in [2.05, 4.69) is 33.0 Å². The minimum absolute atomic E-state index is 0.437. The van der Waals surface area contributed by atoms with Gasteiger partial charge in [0.25, 0.3) is 0 Å². The van der Waals surface area contributed by atoms with Gasteiger partial charge in [-0.05, 0) is 36.5 Å². The van der Waals surface area contributed by atoms with E-state index < -0.39 is 0 Å². The third kappa shape index (κ3) is 3.48. The molecule has 0 radical (unpaired) electrons. The minimum Gasteiger partial charge on any atom is -0.381 e. The van der Waals surface area contributed by atoms with Crippen molar-refractivity contribution in [3.8, 4) is 0 Å². The quantitative estimate of drug-likeness (QED) is 0.812. The van der Waals surface area contributed by atoms with Crippen molar-refractivity contribution in [1.29, 1.82) is 0 Å². The molecule has 1 aliphatic heterocycles. The van der Waals surface area contributed by atoms with Gasteiger partial charge in [0.05, 0.1) is 6.61 Å². The summed E-state index contributed by atoms with van der Waals surface area (Å²) in [6.07, 6.45) is 6.78. The van der Waals surface area contributed by atoms with Crippen molar-refractivity contribution in [2.75, 3.05) is 13.2 Å². The Morgan fingerprint density at radius 3 is 2.39 bits per heavy atom. The molecule has 106 valence electrons. The molecular formula is C16H31NO. The van der Waals surface area contributed by atoms with Gasteiger partial charge in [0.2, 0.25) is 0 Å². The molecule has 2 aliphatic rings. The summed E-state index contributed by atoms with van der Waals surface area (Å²) in [7, 11) is 0. The zero-order chi connectivity index (χ0) is 13.2. The average molecular weight is 253 g/mol. The molecule has 0 aromatic carbocycles. The normalized spacial score (nSPS) is 38.7. The van der Waals surface area contributed by atoms with Gasteiger partial charge in [0, 0.05) is 18.7 Å². The molecule has 0 aromatic heterocycles. The van der Waals surface area contributed by atoms with Crippen LogP contribution in [0.2, 0.25) is 0 Å². The van der Waals surface area contributed by atoms with Crippen molar-refractivity contribution in [2.45, 2.75) is 71.9 Å². The molecule has 0 spiro atoms. The van der Waals surface area contributed by atoms with Crippen molar-refractivity contribution >= 4 is 0 Å². The zero-order valence-corrected chi connectivity index (χ0v) is 12.7. The van der Waals surface area contributed by atoms with Crippen LogP contribution in [0.4, 0.5) is 0 Å². The van der Waals surface area contributed by atoms with Crippen molar-refractivity contribution in [1.82, 2.24) is 5.32 Å². The lowest BCUT2D eigenvalue weighted by Crippen LogP contribution is -2.52. The Labute approximate surface area is 113 Å². The second-order valence-corrected chi connectivity index (χ2v) is 7.48. The molecule has 1 heterocycles. The van der Waals surface area contributed by atoms with Gasteiger partial charge >= 0.3 is 0 Å². The van der Waals surface area contributed by atoms with E-state index in [4.69, 9.17) is 4.74 Å². The lowest BCUT2D eigenvalue weighted by atomic mass is 9.69. The van der Waals surface area contributed by atoms with Gasteiger partial charge in [-0.2, -0.15) is 0 Å². The lowest BCUT2D eigenvalue weighted by Gasteiger charge is -2.44. The molecule has 18 heavy (non-hydrogen) atoms. The molecule has 0 amide bonds. The van der Waals surface area contributed by atoms with Crippen molar-refractivity contribution in [3.63, 3.8) is 0 Å². The number of hydrogen-bond donors (Lipinski definition) is 1. The van der Waals surface area contributed by atoms with Crippen LogP contribution in [-0.2, 0) is 4.74 Å². The molecule has 2 nitrogen and oxygen atoms in total. The van der Waals surface area contributed by atoms with Crippen LogP contribution >= 0.6 is 0 Å². The fourth-order valence-corrected chi connectivity index (χ4v) is 3.77. The van der Waals surface area contributed by atoms with Crippen LogP contribution < -0.4 is 5.32 Å². The fraction of sp³-hybridized carbons (Fsp3) is 1.00. The van der Waals surface area contributed by atoms with Crippen molar-refractivity contribution in [3.05, 3.63) is 0 Å². The van der Waals surface area contributed by atoms with Crippen LogP contribution in [0.5, 0.6) is 0 Å². The third-order valence-corrected chi connectivity index (χ3v) is 4.95. The molecule has 1 saturated heterocycles. The Hall–Kier alpha value is -0.0800. The van der Waals surface area contributed by atoms with E-state index in [1.54, 1.807) is 0 Å². The zero-order valence-electron chi connectivity index (χ0n) is 12.7. The number of ether oxygens (including phenoxy) is 1. The summed E-state index contributed by atoms with van der Waals surface area (Å²) in [6.45, 7) is 11.4. The number of rotatable bonds is 2. The number of nitrogens with one attached hydrogen (secondary N) is 1. The maximum atomic E-state index is 5.56. The Balaban J connectivity index is 1.96. The van der Waals surface area contributed by atoms with Gasteiger partial charge in [-0.3, -0.25) is 0 Å². The summed E-state index contributed by atoms with van der Waals surface area (Å²) in [5.41, 5.74) is 0.437. The third-order valence-electron chi connectivity index (χ3n) is 4.95. The first kappa shape index (κ1) is 14.3. The van der Waals surface area contributed by atoms with Crippen molar-refractivity contribution in [2.24, 2.45) is 17.3 Å². The van der Waals surface area contributed by atoms with E-state index in [0.29, 0.717) is 17.4 Å². The molecule has 2 fully saturated rings. The topological polar surface area (TPSA) is 21.3 Å². The Morgan fingerprint density at radius 2 is 1.72 bits per heavy atom. The maximum absolute atomic E-state index is 5.56. The largest absolute Gasteiger partial charge is 0.381 e. The Bertz CT molecular complexity index is 258. The van der Waals surface area contributed by atoms with E-state index in [0.717, 1.165) is 25.2 Å². The van der Waals surface area contributed by atoms with Crippen LogP contribution in [0.3, 0.4) is 0 Å². The van der Waals surface area contributed by atoms with Gasteiger partial charge in [0.1, 0.15) is 0 Å². The second kappa shape index (κ2) is 5.92. The summed E-state index contributed by atoms with van der Waals surface area (Å²) in [6, 6.07) is 1.40. The average Bonchev–Trinajstić information content (AvgIpc) is 2.31. The van der Waals surface area contributed by atoms with Crippen LogP contribution in [0.15, 0.2) is 0 Å². The monoisotopic (exact) mass is 253 g/mol. The van der Waals surface area contributed by atoms with E-state index >= 15 is 0 Å². The highest BCUT2D eigenvalue weighted by Gasteiger charge is 2.36. The molecule has 2 rings (SSSR count). The second-order valence-electron chi connectivity index (χ2n) is 7.48. The summed E-state index contributed by atoms with van der Waals surface area (Å²) in [5, 5.41) is 3.98. The Morgan fingerprint density at radius 1 is 1.00 bits per heavy atom. The van der Waals surface area contributed by atoms with E-state index in [1.807, 2.05) is 0 Å². The first-order valence-corrected chi connectivity index (χ1v) is 7.82. The Kier molecular flexibility index (Phi) is 4.71. The van der Waals surface area contributed by atoms with E-state index in [-0.39, 0.29) is 0 Å². The van der Waals surface area contributed by atoms with Gasteiger partial charge in [0.15, 0.2) is 0 Å². The fourth-order valence-electron chi connectivity index (χ4n) is 3.77. The van der Waals surface area contributed by atoms with Crippen molar-refractivity contribution < 1.29 is 4.74 Å². The minimum atomic E-state index is 0.437. The van der Waals surface area contributed by atoms with Gasteiger partial charge < -0.3 is 10.1 Å². The van der Waals surface area contributed by atoms with Crippen LogP contribution in [-0.4, -0.2) is 25.3 Å². The standard InChI is InChI=1S/C16H31NO/c1-12-11-18-10-9-14(12)17-15-8-6-5-7-13(15)16(2,3)4/h12-15,17H,5-11H2,1-4H3. The first-order valence-electron chi connectivity index (χ1n) is 7.82. The molecule has 1 aliphatic carbocycles. The molecule has 1 N–H and O–H groups in total. The highest BCUT2D eigenvalue weighted by Crippen LogP contribution is 2.38. The SMILES string of the molecule is CC1COCCC1NC1CCCCC1C(C)(C)C. The number of hydrogen-bond acceptors (Lipinski definition) is 2. The molecular weight excluding hydrogens is 222 g/mol. The summed E-state index contributed by atoms with van der Waals surface area (Å²) in [4.78, 5) is 0. The van der Waals surface area contributed by atoms with E-state index in [1.165, 1.54) is 32.1 Å². The predicted molar refractivity (Wildman–Crippen MR) is 76.7 cm³/mol. The van der Waals surface area contributed by atoms with Crippen LogP contribution in [0.25, 0.3) is 0 Å². The smallest absolute Gasteiger partial charge is 0.0506 e. The molecule has 4 unspecified atom stereocenters. The summed E-state index contributed by atoms with van der Waals surface area (Å²) in [5.74, 6) is 1.50. The molecule has 0 bridgehead atoms. The molecule has 0 aromatic rings. The molecule has 4 atom stereocenters. The summed E-state index contributed by atoms with van der Waals surface area (Å²) < 4.78 is 5.56. The highest BCUT2D eigenvalue weighted by molar-refractivity contribution is 4.91. The molecule has 2 heteroatoms. The van der Waals surface area contributed by atoms with Gasteiger partial charge in [-0.15, -0.1) is 0 Å².